The van der Waals surface area contributed by atoms with Crippen molar-refractivity contribution >= 4 is 17.7 Å². The van der Waals surface area contributed by atoms with Gasteiger partial charge < -0.3 is 15.4 Å². The first-order valence-electron chi connectivity index (χ1n) is 8.19. The van der Waals surface area contributed by atoms with Crippen LogP contribution < -0.4 is 10.6 Å². The summed E-state index contributed by atoms with van der Waals surface area (Å²) in [5.41, 5.74) is 0.728. The van der Waals surface area contributed by atoms with Crippen LogP contribution in [-0.4, -0.2) is 24.3 Å². The van der Waals surface area contributed by atoms with Crippen LogP contribution in [0.25, 0.3) is 0 Å². The standard InChI is InChI=1S/C18H29ClN2O2/c1-6-7-16(14-8-10-15(19)11-9-14)20-12-13(2)21-17(22)23-18(3,4)5/h8-11,13,16,20H,6-7,12H2,1-5H3,(H,21,22). The Kier molecular flexibility index (Phi) is 7.86. The van der Waals surface area contributed by atoms with Crippen molar-refractivity contribution in [2.45, 2.75) is 65.1 Å². The van der Waals surface area contributed by atoms with Gasteiger partial charge in [0.1, 0.15) is 5.60 Å². The van der Waals surface area contributed by atoms with Gasteiger partial charge in [-0.15, -0.1) is 0 Å². The zero-order valence-electron chi connectivity index (χ0n) is 14.8. The Morgan fingerprint density at radius 1 is 1.26 bits per heavy atom. The molecule has 0 spiro atoms. The van der Waals surface area contributed by atoms with E-state index in [0.717, 1.165) is 17.9 Å². The van der Waals surface area contributed by atoms with Crippen LogP contribution in [0.3, 0.4) is 0 Å². The lowest BCUT2D eigenvalue weighted by atomic mass is 10.0. The molecule has 0 bridgehead atoms. The van der Waals surface area contributed by atoms with Crippen LogP contribution in [-0.2, 0) is 4.74 Å². The van der Waals surface area contributed by atoms with Crippen LogP contribution in [0, 0.1) is 0 Å². The van der Waals surface area contributed by atoms with Gasteiger partial charge in [-0.2, -0.15) is 0 Å². The first-order valence-corrected chi connectivity index (χ1v) is 8.57. The second-order valence-corrected chi connectivity index (χ2v) is 7.28. The van der Waals surface area contributed by atoms with Gasteiger partial charge in [0, 0.05) is 23.7 Å². The lowest BCUT2D eigenvalue weighted by Gasteiger charge is -2.24. The van der Waals surface area contributed by atoms with Crippen LogP contribution in [0.5, 0.6) is 0 Å². The smallest absolute Gasteiger partial charge is 0.407 e. The molecule has 0 aliphatic carbocycles. The van der Waals surface area contributed by atoms with Gasteiger partial charge in [-0.25, -0.2) is 4.79 Å². The van der Waals surface area contributed by atoms with E-state index in [2.05, 4.69) is 17.6 Å². The topological polar surface area (TPSA) is 50.4 Å². The minimum atomic E-state index is -0.481. The van der Waals surface area contributed by atoms with Crippen LogP contribution in [0.2, 0.25) is 5.02 Å². The minimum absolute atomic E-state index is 0.0171. The van der Waals surface area contributed by atoms with Gasteiger partial charge in [-0.1, -0.05) is 37.1 Å². The lowest BCUT2D eigenvalue weighted by Crippen LogP contribution is -2.43. The first-order chi connectivity index (χ1) is 10.7. The molecule has 1 aromatic carbocycles. The highest BCUT2D eigenvalue weighted by atomic mass is 35.5. The molecule has 2 N–H and O–H groups in total. The van der Waals surface area contributed by atoms with Crippen molar-refractivity contribution < 1.29 is 9.53 Å². The molecule has 0 saturated carbocycles. The third-order valence-electron chi connectivity index (χ3n) is 3.28. The third kappa shape index (κ3) is 8.24. The lowest BCUT2D eigenvalue weighted by molar-refractivity contribution is 0.0507. The number of rotatable bonds is 7. The van der Waals surface area contributed by atoms with E-state index in [1.807, 2.05) is 52.0 Å². The summed E-state index contributed by atoms with van der Waals surface area (Å²) in [6.07, 6.45) is 1.72. The predicted molar refractivity (Wildman–Crippen MR) is 95.9 cm³/mol. The molecular formula is C18H29ClN2O2. The number of carbonyl (C=O) groups is 1. The van der Waals surface area contributed by atoms with Crippen molar-refractivity contribution in [3.63, 3.8) is 0 Å². The number of alkyl carbamates (subject to hydrolysis) is 1. The summed E-state index contributed by atoms with van der Waals surface area (Å²) in [7, 11) is 0. The van der Waals surface area contributed by atoms with E-state index in [1.54, 1.807) is 0 Å². The fourth-order valence-corrected chi connectivity index (χ4v) is 2.38. The van der Waals surface area contributed by atoms with E-state index in [1.165, 1.54) is 5.56 Å². The molecule has 5 heteroatoms. The normalized spacial score (nSPS) is 14.2. The number of hydrogen-bond acceptors (Lipinski definition) is 3. The van der Waals surface area contributed by atoms with E-state index in [4.69, 9.17) is 16.3 Å². The number of amides is 1. The number of benzene rings is 1. The van der Waals surface area contributed by atoms with Gasteiger partial charge in [0.25, 0.3) is 0 Å². The van der Waals surface area contributed by atoms with Gasteiger partial charge in [-0.3, -0.25) is 0 Å². The summed E-state index contributed by atoms with van der Waals surface area (Å²) < 4.78 is 5.27. The van der Waals surface area contributed by atoms with Gasteiger partial charge in [0.2, 0.25) is 0 Å². The molecule has 2 atom stereocenters. The quantitative estimate of drug-likeness (QED) is 0.757. The van der Waals surface area contributed by atoms with Crippen molar-refractivity contribution in [3.05, 3.63) is 34.9 Å². The molecule has 0 fully saturated rings. The maximum absolute atomic E-state index is 11.8. The molecule has 0 aliphatic heterocycles. The molecule has 1 rings (SSSR count). The van der Waals surface area contributed by atoms with Crippen molar-refractivity contribution in [2.24, 2.45) is 0 Å². The van der Waals surface area contributed by atoms with E-state index in [-0.39, 0.29) is 18.2 Å². The largest absolute Gasteiger partial charge is 0.444 e. The SMILES string of the molecule is CCCC(NCC(C)NC(=O)OC(C)(C)C)c1ccc(Cl)cc1. The third-order valence-corrected chi connectivity index (χ3v) is 3.54. The fourth-order valence-electron chi connectivity index (χ4n) is 2.25. The molecule has 4 nitrogen and oxygen atoms in total. The van der Waals surface area contributed by atoms with E-state index in [9.17, 15) is 4.79 Å². The van der Waals surface area contributed by atoms with Crippen molar-refractivity contribution in [2.75, 3.05) is 6.54 Å². The number of carbonyl (C=O) groups excluding carboxylic acids is 1. The van der Waals surface area contributed by atoms with Gasteiger partial charge in [0.05, 0.1) is 0 Å². The molecule has 0 aromatic heterocycles. The summed E-state index contributed by atoms with van der Waals surface area (Å²) in [6.45, 7) is 10.4. The summed E-state index contributed by atoms with van der Waals surface area (Å²) in [4.78, 5) is 11.8. The van der Waals surface area contributed by atoms with Crippen molar-refractivity contribution in [3.8, 4) is 0 Å². The molecule has 2 unspecified atom stereocenters. The number of halogens is 1. The average Bonchev–Trinajstić information content (AvgIpc) is 2.42. The van der Waals surface area contributed by atoms with E-state index >= 15 is 0 Å². The Balaban J connectivity index is 2.51. The fraction of sp³-hybridized carbons (Fsp3) is 0.611. The number of ether oxygens (including phenoxy) is 1. The second kappa shape index (κ2) is 9.14. The van der Waals surface area contributed by atoms with Gasteiger partial charge in [-0.05, 0) is 51.8 Å². The number of hydrogen-bond donors (Lipinski definition) is 2. The maximum Gasteiger partial charge on any atom is 0.407 e. The first kappa shape index (κ1) is 19.8. The zero-order chi connectivity index (χ0) is 17.5. The molecule has 0 heterocycles. The van der Waals surface area contributed by atoms with Crippen LogP contribution in [0.1, 0.15) is 59.1 Å². The van der Waals surface area contributed by atoms with Crippen LogP contribution >= 0.6 is 11.6 Å². The Morgan fingerprint density at radius 2 is 1.87 bits per heavy atom. The molecule has 0 aliphatic rings. The van der Waals surface area contributed by atoms with Crippen LogP contribution in [0.15, 0.2) is 24.3 Å². The molecule has 1 amide bonds. The molecule has 1 aromatic rings. The summed E-state index contributed by atoms with van der Waals surface area (Å²) >= 11 is 5.95. The monoisotopic (exact) mass is 340 g/mol. The highest BCUT2D eigenvalue weighted by Gasteiger charge is 2.18. The summed E-state index contributed by atoms with van der Waals surface area (Å²) in [5, 5.41) is 7.10. The number of nitrogens with one attached hydrogen (secondary N) is 2. The highest BCUT2D eigenvalue weighted by molar-refractivity contribution is 6.30. The van der Waals surface area contributed by atoms with Gasteiger partial charge in [0.15, 0.2) is 0 Å². The molecule has 23 heavy (non-hydrogen) atoms. The van der Waals surface area contributed by atoms with Crippen molar-refractivity contribution in [1.29, 1.82) is 0 Å². The Morgan fingerprint density at radius 3 is 2.39 bits per heavy atom. The Bertz CT molecular complexity index is 483. The maximum atomic E-state index is 11.8. The van der Waals surface area contributed by atoms with Crippen LogP contribution in [0.4, 0.5) is 4.79 Å². The zero-order valence-corrected chi connectivity index (χ0v) is 15.5. The minimum Gasteiger partial charge on any atom is -0.444 e. The summed E-state index contributed by atoms with van der Waals surface area (Å²) in [6, 6.07) is 8.13. The molecule has 0 saturated heterocycles. The molecule has 0 radical (unpaired) electrons. The Hall–Kier alpha value is -1.26. The molecular weight excluding hydrogens is 312 g/mol. The van der Waals surface area contributed by atoms with Crippen molar-refractivity contribution in [1.82, 2.24) is 10.6 Å². The summed E-state index contributed by atoms with van der Waals surface area (Å²) in [5.74, 6) is 0. The highest BCUT2D eigenvalue weighted by Crippen LogP contribution is 2.20. The van der Waals surface area contributed by atoms with E-state index < -0.39 is 5.60 Å². The molecule has 130 valence electrons. The second-order valence-electron chi connectivity index (χ2n) is 6.85. The van der Waals surface area contributed by atoms with E-state index in [0.29, 0.717) is 6.54 Å². The predicted octanol–water partition coefficient (Wildman–Crippen LogP) is 4.68. The average molecular weight is 341 g/mol. The Labute approximate surface area is 144 Å². The van der Waals surface area contributed by atoms with Gasteiger partial charge >= 0.3 is 6.09 Å².